The van der Waals surface area contributed by atoms with Crippen molar-refractivity contribution in [1.82, 2.24) is 10.2 Å². The van der Waals surface area contributed by atoms with E-state index < -0.39 is 23.5 Å². The minimum Gasteiger partial charge on any atom is -0.507 e. The first-order chi connectivity index (χ1) is 19.9. The molecule has 5 rings (SSSR count). The second-order valence-corrected chi connectivity index (χ2v) is 11.8. The maximum absolute atomic E-state index is 14.3. The summed E-state index contributed by atoms with van der Waals surface area (Å²) >= 11 is 8.52. The molecule has 7 nitrogen and oxygen atoms in total. The number of rotatable bonds is 10. The number of ether oxygens (including phenoxy) is 1. The lowest BCUT2D eigenvalue weighted by Crippen LogP contribution is -2.29. The third-order valence-electron chi connectivity index (χ3n) is 6.38. The van der Waals surface area contributed by atoms with Gasteiger partial charge in [0.05, 0.1) is 18.2 Å². The molecule has 4 aromatic rings. The first-order valence-corrected chi connectivity index (χ1v) is 15.0. The number of ketones is 1. The van der Waals surface area contributed by atoms with Crippen molar-refractivity contribution in [2.45, 2.75) is 35.9 Å². The van der Waals surface area contributed by atoms with Crippen molar-refractivity contribution >= 4 is 57.3 Å². The highest BCUT2D eigenvalue weighted by Crippen LogP contribution is 2.44. The fraction of sp³-hybridized carbons (Fsp3) is 0.200. The van der Waals surface area contributed by atoms with Crippen molar-refractivity contribution in [2.75, 3.05) is 11.5 Å². The standard InChI is InChI=1S/C30H25ClFN3O4S2/c1-2-3-15-39-23-13-9-19(10-14-23)26(36)24-25(20-5-4-6-22(32)16-20)35(28(38)27(24)37)29-33-34-30(41-29)40-17-18-7-11-21(31)12-8-18/h4-14,16,25,36H,2-3,15,17H2,1H3/t25-/m0/s1. The maximum atomic E-state index is 14.3. The zero-order valence-electron chi connectivity index (χ0n) is 21.9. The molecule has 0 saturated carbocycles. The highest BCUT2D eigenvalue weighted by atomic mass is 35.5. The van der Waals surface area contributed by atoms with E-state index in [2.05, 4.69) is 17.1 Å². The number of thioether (sulfide) groups is 1. The van der Waals surface area contributed by atoms with Gasteiger partial charge in [0.15, 0.2) is 4.34 Å². The van der Waals surface area contributed by atoms with Crippen LogP contribution in [0.2, 0.25) is 5.02 Å². The number of halogens is 2. The predicted molar refractivity (Wildman–Crippen MR) is 159 cm³/mol. The quantitative estimate of drug-likeness (QED) is 0.0499. The first kappa shape index (κ1) is 28.8. The Balaban J connectivity index is 1.48. The number of aliphatic hydroxyl groups is 1. The topological polar surface area (TPSA) is 92.6 Å². The Morgan fingerprint density at radius 3 is 2.56 bits per heavy atom. The number of benzene rings is 3. The summed E-state index contributed by atoms with van der Waals surface area (Å²) < 4.78 is 20.6. The van der Waals surface area contributed by atoms with Gasteiger partial charge in [-0.3, -0.25) is 14.5 Å². The average Bonchev–Trinajstić information content (AvgIpc) is 3.55. The van der Waals surface area contributed by atoms with Crippen LogP contribution in [-0.4, -0.2) is 33.6 Å². The zero-order chi connectivity index (χ0) is 28.9. The number of aromatic nitrogens is 2. The van der Waals surface area contributed by atoms with Crippen molar-refractivity contribution in [3.63, 3.8) is 0 Å². The van der Waals surface area contributed by atoms with Gasteiger partial charge in [0.25, 0.3) is 5.78 Å². The average molecular weight is 610 g/mol. The van der Waals surface area contributed by atoms with Gasteiger partial charge in [-0.2, -0.15) is 0 Å². The smallest absolute Gasteiger partial charge is 0.301 e. The van der Waals surface area contributed by atoms with Crippen LogP contribution in [0.1, 0.15) is 42.5 Å². The number of Topliss-reactive ketones (excluding diaryl/α,β-unsaturated/α-hetero) is 1. The molecule has 1 amide bonds. The van der Waals surface area contributed by atoms with Gasteiger partial charge in [-0.15, -0.1) is 10.2 Å². The minimum atomic E-state index is -1.10. The van der Waals surface area contributed by atoms with Crippen LogP contribution in [0.25, 0.3) is 5.76 Å². The maximum Gasteiger partial charge on any atom is 0.301 e. The lowest BCUT2D eigenvalue weighted by Gasteiger charge is -2.22. The SMILES string of the molecule is CCCCOc1ccc(C(O)=C2C(=O)C(=O)N(c3nnc(SCc4ccc(Cl)cc4)s3)[C@H]2c2cccc(F)c2)cc1. The molecule has 1 aliphatic heterocycles. The Bertz CT molecular complexity index is 1590. The molecular formula is C30H25ClFN3O4S2. The molecule has 1 atom stereocenters. The number of hydrogen-bond acceptors (Lipinski definition) is 8. The first-order valence-electron chi connectivity index (χ1n) is 12.9. The molecule has 11 heteroatoms. The van der Waals surface area contributed by atoms with Crippen LogP contribution in [0.15, 0.2) is 82.7 Å². The van der Waals surface area contributed by atoms with Crippen LogP contribution in [-0.2, 0) is 15.3 Å². The fourth-order valence-corrected chi connectivity index (χ4v) is 6.25. The zero-order valence-corrected chi connectivity index (χ0v) is 24.3. The van der Waals surface area contributed by atoms with Crippen LogP contribution in [0, 0.1) is 5.82 Å². The van der Waals surface area contributed by atoms with Gasteiger partial charge < -0.3 is 9.84 Å². The van der Waals surface area contributed by atoms with Crippen molar-refractivity contribution in [3.8, 4) is 5.75 Å². The predicted octanol–water partition coefficient (Wildman–Crippen LogP) is 7.43. The normalized spacial score (nSPS) is 16.4. The molecule has 0 aliphatic carbocycles. The number of hydrogen-bond donors (Lipinski definition) is 1. The van der Waals surface area contributed by atoms with Crippen molar-refractivity contribution < 1.29 is 23.8 Å². The minimum absolute atomic E-state index is 0.161. The fourth-order valence-electron chi connectivity index (χ4n) is 4.30. The van der Waals surface area contributed by atoms with E-state index in [4.69, 9.17) is 16.3 Å². The van der Waals surface area contributed by atoms with Gasteiger partial charge in [0, 0.05) is 16.3 Å². The van der Waals surface area contributed by atoms with Crippen molar-refractivity contribution in [1.29, 1.82) is 0 Å². The molecule has 0 bridgehead atoms. The molecule has 3 aromatic carbocycles. The summed E-state index contributed by atoms with van der Waals surface area (Å²) in [6.07, 6.45) is 1.90. The summed E-state index contributed by atoms with van der Waals surface area (Å²) in [5.74, 6) is -1.48. The number of nitrogens with zero attached hydrogens (tertiary/aromatic N) is 3. The van der Waals surface area contributed by atoms with Crippen molar-refractivity contribution in [2.24, 2.45) is 0 Å². The van der Waals surface area contributed by atoms with E-state index in [-0.39, 0.29) is 16.5 Å². The largest absolute Gasteiger partial charge is 0.507 e. The Labute approximate surface area is 249 Å². The number of unbranched alkanes of at least 4 members (excludes halogenated alkanes) is 1. The molecule has 210 valence electrons. The van der Waals surface area contributed by atoms with E-state index >= 15 is 0 Å². The van der Waals surface area contributed by atoms with E-state index in [9.17, 15) is 19.1 Å². The second kappa shape index (κ2) is 12.8. The number of amides is 1. The van der Waals surface area contributed by atoms with Crippen molar-refractivity contribution in [3.05, 3.63) is 106 Å². The molecule has 2 heterocycles. The molecule has 0 radical (unpaired) electrons. The van der Waals surface area contributed by atoms with Gasteiger partial charge in [-0.25, -0.2) is 4.39 Å². The third kappa shape index (κ3) is 6.45. The third-order valence-corrected chi connectivity index (χ3v) is 8.76. The van der Waals surface area contributed by atoms with E-state index in [1.54, 1.807) is 42.5 Å². The monoisotopic (exact) mass is 609 g/mol. The summed E-state index contributed by atoms with van der Waals surface area (Å²) in [6.45, 7) is 2.63. The lowest BCUT2D eigenvalue weighted by atomic mass is 9.95. The molecule has 1 saturated heterocycles. The molecular weight excluding hydrogens is 585 g/mol. The summed E-state index contributed by atoms with van der Waals surface area (Å²) in [4.78, 5) is 27.9. The van der Waals surface area contributed by atoms with Gasteiger partial charge in [-0.1, -0.05) is 72.3 Å². The summed E-state index contributed by atoms with van der Waals surface area (Å²) in [5.41, 5.74) is 1.50. The Morgan fingerprint density at radius 1 is 1.10 bits per heavy atom. The lowest BCUT2D eigenvalue weighted by molar-refractivity contribution is -0.132. The Hall–Kier alpha value is -3.73. The second-order valence-electron chi connectivity index (χ2n) is 9.22. The van der Waals surface area contributed by atoms with Gasteiger partial charge >= 0.3 is 5.91 Å². The van der Waals surface area contributed by atoms with E-state index in [1.165, 1.54) is 34.9 Å². The molecule has 41 heavy (non-hydrogen) atoms. The Kier molecular flexibility index (Phi) is 9.02. The number of carbonyl (C=O) groups is 2. The van der Waals surface area contributed by atoms with E-state index in [0.29, 0.717) is 38.6 Å². The summed E-state index contributed by atoms with van der Waals surface area (Å²) in [5, 5.41) is 20.5. The van der Waals surface area contributed by atoms with Crippen LogP contribution in [0.3, 0.4) is 0 Å². The van der Waals surface area contributed by atoms with Crippen LogP contribution in [0.4, 0.5) is 9.52 Å². The van der Waals surface area contributed by atoms with Gasteiger partial charge in [0.1, 0.15) is 17.3 Å². The van der Waals surface area contributed by atoms with E-state index in [1.807, 2.05) is 12.1 Å². The van der Waals surface area contributed by atoms with Gasteiger partial charge in [0.2, 0.25) is 5.13 Å². The number of anilines is 1. The van der Waals surface area contributed by atoms with Crippen LogP contribution < -0.4 is 9.64 Å². The highest BCUT2D eigenvalue weighted by Gasteiger charge is 2.48. The Morgan fingerprint density at radius 2 is 1.85 bits per heavy atom. The molecule has 1 N–H and O–H groups in total. The van der Waals surface area contributed by atoms with Crippen LogP contribution >= 0.6 is 34.7 Å². The van der Waals surface area contributed by atoms with Gasteiger partial charge in [-0.05, 0) is 66.1 Å². The molecule has 0 spiro atoms. The molecule has 1 aromatic heterocycles. The van der Waals surface area contributed by atoms with Crippen LogP contribution in [0.5, 0.6) is 5.75 Å². The molecule has 1 aliphatic rings. The van der Waals surface area contributed by atoms with E-state index in [0.717, 1.165) is 29.7 Å². The summed E-state index contributed by atoms with van der Waals surface area (Å²) in [7, 11) is 0. The summed E-state index contributed by atoms with van der Waals surface area (Å²) in [6, 6.07) is 18.5. The molecule has 0 unspecified atom stereocenters. The number of carbonyl (C=O) groups excluding carboxylic acids is 2. The number of aliphatic hydroxyl groups excluding tert-OH is 1. The molecule has 1 fully saturated rings. The highest BCUT2D eigenvalue weighted by molar-refractivity contribution is 8.00.